The second-order valence-electron chi connectivity index (χ2n) is 3.44. The van der Waals surface area contributed by atoms with Gasteiger partial charge in [0.15, 0.2) is 0 Å². The van der Waals surface area contributed by atoms with Gasteiger partial charge in [-0.2, -0.15) is 0 Å². The Bertz CT molecular complexity index is 282. The van der Waals surface area contributed by atoms with E-state index in [0.717, 1.165) is 0 Å². The van der Waals surface area contributed by atoms with Gasteiger partial charge in [-0.1, -0.05) is 0 Å². The number of aliphatic carboxylic acids is 1. The Balaban J connectivity index is 2.43. The molecule has 0 spiro atoms. The highest BCUT2D eigenvalue weighted by atomic mass is 16.5. The quantitative estimate of drug-likeness (QED) is 0.316. The number of amides is 1. The summed E-state index contributed by atoms with van der Waals surface area (Å²) in [5, 5.41) is 38.1. The van der Waals surface area contributed by atoms with Crippen LogP contribution in [0.1, 0.15) is 0 Å². The molecule has 1 aliphatic heterocycles. The maximum absolute atomic E-state index is 10.7. The van der Waals surface area contributed by atoms with E-state index >= 15 is 0 Å². The molecule has 1 fully saturated rings. The van der Waals surface area contributed by atoms with E-state index < -0.39 is 36.3 Å². The normalized spacial score (nSPS) is 34.4. The molecule has 0 radical (unpaired) electrons. The van der Waals surface area contributed by atoms with Gasteiger partial charge in [-0.25, -0.2) is 4.79 Å². The van der Waals surface area contributed by atoms with Crippen LogP contribution >= 0.6 is 0 Å². The van der Waals surface area contributed by atoms with Crippen molar-refractivity contribution in [3.63, 3.8) is 0 Å². The minimum absolute atomic E-state index is 0.189. The van der Waals surface area contributed by atoms with E-state index in [-0.39, 0.29) is 13.2 Å². The Morgan fingerprint density at radius 1 is 1.25 bits per heavy atom. The zero-order valence-corrected chi connectivity index (χ0v) is 8.24. The SMILES string of the molecule is O=C(O)C(=O)NC[C@H]1OC[C@@H](O)[C@@H](O)[C@@H]1O. The van der Waals surface area contributed by atoms with Crippen LogP contribution in [-0.4, -0.2) is 69.9 Å². The molecule has 1 saturated heterocycles. The van der Waals surface area contributed by atoms with Crippen LogP contribution in [0.3, 0.4) is 0 Å². The van der Waals surface area contributed by atoms with Crippen molar-refractivity contribution < 1.29 is 34.8 Å². The summed E-state index contributed by atoms with van der Waals surface area (Å²) < 4.78 is 4.94. The maximum atomic E-state index is 10.7. The molecule has 0 saturated carbocycles. The molecular weight excluding hydrogens is 222 g/mol. The molecular formula is C8H13NO7. The average Bonchev–Trinajstić information content (AvgIpc) is 2.24. The molecule has 8 nitrogen and oxygen atoms in total. The number of carboxylic acid groups (broad SMARTS) is 1. The first-order chi connectivity index (χ1) is 7.43. The molecule has 8 heteroatoms. The predicted octanol–water partition coefficient (Wildman–Crippen LogP) is -3.33. The monoisotopic (exact) mass is 235 g/mol. The van der Waals surface area contributed by atoms with Gasteiger partial charge >= 0.3 is 11.9 Å². The number of ether oxygens (including phenoxy) is 1. The van der Waals surface area contributed by atoms with Gasteiger partial charge in [0.1, 0.15) is 24.4 Å². The van der Waals surface area contributed by atoms with Crippen molar-refractivity contribution in [2.24, 2.45) is 0 Å². The summed E-state index contributed by atoms with van der Waals surface area (Å²) in [6.07, 6.45) is -4.89. The molecule has 16 heavy (non-hydrogen) atoms. The van der Waals surface area contributed by atoms with Crippen LogP contribution in [0.25, 0.3) is 0 Å². The van der Waals surface area contributed by atoms with Crippen molar-refractivity contribution in [3.05, 3.63) is 0 Å². The Morgan fingerprint density at radius 3 is 2.44 bits per heavy atom. The zero-order valence-electron chi connectivity index (χ0n) is 8.24. The molecule has 0 aromatic rings. The fourth-order valence-corrected chi connectivity index (χ4v) is 1.32. The third-order valence-corrected chi connectivity index (χ3v) is 2.26. The Labute approximate surface area is 90.5 Å². The number of rotatable bonds is 2. The molecule has 4 atom stereocenters. The lowest BCUT2D eigenvalue weighted by atomic mass is 10.0. The summed E-state index contributed by atoms with van der Waals surface area (Å²) in [7, 11) is 0. The summed E-state index contributed by atoms with van der Waals surface area (Å²) in [6, 6.07) is 0. The molecule has 5 N–H and O–H groups in total. The summed E-state index contributed by atoms with van der Waals surface area (Å²) >= 11 is 0. The first-order valence-corrected chi connectivity index (χ1v) is 4.60. The Hall–Kier alpha value is -1.22. The highest BCUT2D eigenvalue weighted by Gasteiger charge is 2.37. The first kappa shape index (κ1) is 12.8. The van der Waals surface area contributed by atoms with Gasteiger partial charge in [-0.05, 0) is 0 Å². The van der Waals surface area contributed by atoms with Gasteiger partial charge in [-0.15, -0.1) is 0 Å². The molecule has 1 aliphatic rings. The molecule has 0 aromatic carbocycles. The van der Waals surface area contributed by atoms with E-state index in [4.69, 9.17) is 14.9 Å². The molecule has 1 heterocycles. The van der Waals surface area contributed by atoms with Crippen LogP contribution in [0.15, 0.2) is 0 Å². The van der Waals surface area contributed by atoms with E-state index in [1.165, 1.54) is 0 Å². The lowest BCUT2D eigenvalue weighted by Crippen LogP contribution is -2.56. The number of carbonyl (C=O) groups is 2. The van der Waals surface area contributed by atoms with Gasteiger partial charge < -0.3 is 30.5 Å². The van der Waals surface area contributed by atoms with Gasteiger partial charge in [0.05, 0.1) is 6.61 Å². The third kappa shape index (κ3) is 2.89. The molecule has 0 aliphatic carbocycles. The lowest BCUT2D eigenvalue weighted by molar-refractivity contribution is -0.185. The second-order valence-corrected chi connectivity index (χ2v) is 3.44. The van der Waals surface area contributed by atoms with Crippen LogP contribution < -0.4 is 5.32 Å². The van der Waals surface area contributed by atoms with Crippen molar-refractivity contribution in [3.8, 4) is 0 Å². The number of carboxylic acids is 1. The molecule has 92 valence electrons. The van der Waals surface area contributed by atoms with Crippen LogP contribution in [0.4, 0.5) is 0 Å². The molecule has 0 aromatic heterocycles. The average molecular weight is 235 g/mol. The lowest BCUT2D eigenvalue weighted by Gasteiger charge is -2.35. The van der Waals surface area contributed by atoms with Gasteiger partial charge in [0.2, 0.25) is 0 Å². The van der Waals surface area contributed by atoms with Crippen molar-refractivity contribution >= 4 is 11.9 Å². The zero-order chi connectivity index (χ0) is 12.3. The summed E-state index contributed by atoms with van der Waals surface area (Å²) in [4.78, 5) is 20.8. The third-order valence-electron chi connectivity index (χ3n) is 2.26. The molecule has 0 bridgehead atoms. The maximum Gasteiger partial charge on any atom is 0.394 e. The summed E-state index contributed by atoms with van der Waals surface area (Å²) in [5.74, 6) is -2.87. The smallest absolute Gasteiger partial charge is 0.394 e. The summed E-state index contributed by atoms with van der Waals surface area (Å²) in [5.41, 5.74) is 0. The fourth-order valence-electron chi connectivity index (χ4n) is 1.32. The Kier molecular flexibility index (Phi) is 4.19. The fraction of sp³-hybridized carbons (Fsp3) is 0.750. The van der Waals surface area contributed by atoms with Gasteiger partial charge in [0.25, 0.3) is 0 Å². The summed E-state index contributed by atoms with van der Waals surface area (Å²) in [6.45, 7) is -0.443. The van der Waals surface area contributed by atoms with Crippen LogP contribution in [0.5, 0.6) is 0 Å². The molecule has 0 unspecified atom stereocenters. The van der Waals surface area contributed by atoms with Crippen LogP contribution in [0.2, 0.25) is 0 Å². The second kappa shape index (κ2) is 5.21. The predicted molar refractivity (Wildman–Crippen MR) is 48.4 cm³/mol. The first-order valence-electron chi connectivity index (χ1n) is 4.60. The van der Waals surface area contributed by atoms with E-state index in [1.807, 2.05) is 5.32 Å². The minimum atomic E-state index is -1.65. The number of hydrogen-bond donors (Lipinski definition) is 5. The standard InChI is InChI=1S/C8H13NO7/c10-3-2-16-4(6(12)5(3)11)1-9-7(13)8(14)15/h3-6,10-12H,1-2H2,(H,9,13)(H,14,15)/t3-,4-,5-,6-/m1/s1. The number of hydrogen-bond acceptors (Lipinski definition) is 6. The van der Waals surface area contributed by atoms with Crippen molar-refractivity contribution in [2.75, 3.05) is 13.2 Å². The van der Waals surface area contributed by atoms with E-state index in [9.17, 15) is 19.8 Å². The highest BCUT2D eigenvalue weighted by molar-refractivity contribution is 6.31. The van der Waals surface area contributed by atoms with Crippen LogP contribution in [0, 0.1) is 0 Å². The van der Waals surface area contributed by atoms with E-state index in [0.29, 0.717) is 0 Å². The number of aliphatic hydroxyl groups excluding tert-OH is 3. The van der Waals surface area contributed by atoms with Crippen molar-refractivity contribution in [2.45, 2.75) is 24.4 Å². The highest BCUT2D eigenvalue weighted by Crippen LogP contribution is 2.14. The molecule has 1 amide bonds. The molecule has 1 rings (SSSR count). The van der Waals surface area contributed by atoms with Gasteiger partial charge in [-0.3, -0.25) is 4.79 Å². The number of carbonyl (C=O) groups excluding carboxylic acids is 1. The van der Waals surface area contributed by atoms with Crippen molar-refractivity contribution in [1.82, 2.24) is 5.32 Å². The number of aliphatic hydroxyl groups is 3. The van der Waals surface area contributed by atoms with E-state index in [1.54, 1.807) is 0 Å². The largest absolute Gasteiger partial charge is 0.474 e. The van der Waals surface area contributed by atoms with Gasteiger partial charge in [0, 0.05) is 6.54 Å². The number of nitrogens with one attached hydrogen (secondary N) is 1. The topological polar surface area (TPSA) is 136 Å². The Morgan fingerprint density at radius 2 is 1.88 bits per heavy atom. The minimum Gasteiger partial charge on any atom is -0.474 e. The van der Waals surface area contributed by atoms with Crippen LogP contribution in [-0.2, 0) is 14.3 Å². The van der Waals surface area contributed by atoms with Crippen molar-refractivity contribution in [1.29, 1.82) is 0 Å². The van der Waals surface area contributed by atoms with E-state index in [2.05, 4.69) is 0 Å².